The van der Waals surface area contributed by atoms with Crippen LogP contribution in [0.15, 0.2) is 24.5 Å². The maximum Gasteiger partial charge on any atom is 0.167 e. The van der Waals surface area contributed by atoms with Gasteiger partial charge in [0.2, 0.25) is 0 Å². The molecule has 0 unspecified atom stereocenters. The molecule has 2 nitrogen and oxygen atoms in total. The molecule has 0 bridgehead atoms. The van der Waals surface area contributed by atoms with Gasteiger partial charge < -0.3 is 0 Å². The van der Waals surface area contributed by atoms with Crippen molar-refractivity contribution in [1.29, 1.82) is 0 Å². The maximum atomic E-state index is 12.3. The number of hydrogen-bond donors (Lipinski definition) is 0. The molecule has 18 heavy (non-hydrogen) atoms. The third kappa shape index (κ3) is 2.98. The van der Waals surface area contributed by atoms with Gasteiger partial charge in [0, 0.05) is 23.9 Å². The van der Waals surface area contributed by atoms with Crippen LogP contribution in [-0.2, 0) is 0 Å². The number of Topliss-reactive ketones (excluding diaryl/α,β-unsaturated/α-hetero) is 1. The number of pyridine rings is 1. The molecule has 0 aliphatic heterocycles. The molecule has 1 aromatic rings. The average Bonchev–Trinajstić information content (AvgIpc) is 2.38. The van der Waals surface area contributed by atoms with Crippen molar-refractivity contribution < 1.29 is 4.79 Å². The zero-order chi connectivity index (χ0) is 13.2. The van der Waals surface area contributed by atoms with Crippen LogP contribution in [-0.4, -0.2) is 10.8 Å². The zero-order valence-corrected chi connectivity index (χ0v) is 11.6. The van der Waals surface area contributed by atoms with Gasteiger partial charge in [-0.25, -0.2) is 0 Å². The third-order valence-corrected chi connectivity index (χ3v) is 4.27. The molecule has 0 saturated heterocycles. The van der Waals surface area contributed by atoms with Crippen LogP contribution in [0.25, 0.3) is 0 Å². The minimum Gasteiger partial charge on any atom is -0.294 e. The lowest BCUT2D eigenvalue weighted by molar-refractivity contribution is 0.0819. The number of ketones is 1. The van der Waals surface area contributed by atoms with Crippen molar-refractivity contribution in [2.75, 3.05) is 0 Å². The molecular weight excluding hydrogens is 222 g/mol. The summed E-state index contributed by atoms with van der Waals surface area (Å²) in [5.41, 5.74) is 1.15. The Bertz CT molecular complexity index is 397. The van der Waals surface area contributed by atoms with Crippen LogP contribution >= 0.6 is 0 Å². The molecule has 0 atom stereocenters. The standard InChI is InChI=1S/C16H23NO/c1-16(2,3)14-8-6-12(7-9-14)15(18)13-5-4-10-17-11-13/h4-5,10-12,14H,6-9H2,1-3H3. The van der Waals surface area contributed by atoms with E-state index in [-0.39, 0.29) is 11.7 Å². The van der Waals surface area contributed by atoms with Crippen LogP contribution in [0.4, 0.5) is 0 Å². The van der Waals surface area contributed by atoms with Crippen LogP contribution in [0.3, 0.4) is 0 Å². The van der Waals surface area contributed by atoms with Crippen LogP contribution < -0.4 is 0 Å². The van der Waals surface area contributed by atoms with Gasteiger partial charge in [-0.2, -0.15) is 0 Å². The second kappa shape index (κ2) is 5.21. The fourth-order valence-electron chi connectivity index (χ4n) is 2.97. The van der Waals surface area contributed by atoms with E-state index < -0.39 is 0 Å². The summed E-state index contributed by atoms with van der Waals surface area (Å²) in [5.74, 6) is 1.26. The Hall–Kier alpha value is -1.18. The summed E-state index contributed by atoms with van der Waals surface area (Å²) in [4.78, 5) is 16.4. The van der Waals surface area contributed by atoms with Gasteiger partial charge in [0.05, 0.1) is 0 Å². The topological polar surface area (TPSA) is 30.0 Å². The second-order valence-corrected chi connectivity index (χ2v) is 6.52. The molecule has 1 fully saturated rings. The molecule has 0 aromatic carbocycles. The van der Waals surface area contributed by atoms with E-state index in [1.54, 1.807) is 12.4 Å². The Morgan fingerprint density at radius 2 is 1.89 bits per heavy atom. The van der Waals surface area contributed by atoms with Crippen molar-refractivity contribution >= 4 is 5.78 Å². The number of hydrogen-bond acceptors (Lipinski definition) is 2. The van der Waals surface area contributed by atoms with Crippen LogP contribution in [0.2, 0.25) is 0 Å². The van der Waals surface area contributed by atoms with Crippen molar-refractivity contribution in [3.8, 4) is 0 Å². The molecule has 1 heterocycles. The first-order valence-electron chi connectivity index (χ1n) is 6.92. The van der Waals surface area contributed by atoms with E-state index in [2.05, 4.69) is 25.8 Å². The van der Waals surface area contributed by atoms with Gasteiger partial charge in [0.15, 0.2) is 5.78 Å². The number of carbonyl (C=O) groups is 1. The molecule has 0 spiro atoms. The first-order valence-corrected chi connectivity index (χ1v) is 6.92. The fraction of sp³-hybridized carbons (Fsp3) is 0.625. The Morgan fingerprint density at radius 3 is 2.39 bits per heavy atom. The summed E-state index contributed by atoms with van der Waals surface area (Å²) >= 11 is 0. The van der Waals surface area contributed by atoms with Crippen LogP contribution in [0, 0.1) is 17.3 Å². The minimum atomic E-state index is 0.216. The van der Waals surface area contributed by atoms with Crippen molar-refractivity contribution in [3.63, 3.8) is 0 Å². The number of aromatic nitrogens is 1. The Balaban J connectivity index is 1.96. The van der Waals surface area contributed by atoms with Gasteiger partial charge in [0.25, 0.3) is 0 Å². The molecule has 2 heteroatoms. The third-order valence-electron chi connectivity index (χ3n) is 4.27. The van der Waals surface area contributed by atoms with E-state index in [0.29, 0.717) is 5.41 Å². The first-order chi connectivity index (χ1) is 8.48. The molecule has 1 aliphatic carbocycles. The van der Waals surface area contributed by atoms with Gasteiger partial charge in [-0.3, -0.25) is 9.78 Å². The van der Waals surface area contributed by atoms with Gasteiger partial charge in [-0.15, -0.1) is 0 Å². The quantitative estimate of drug-likeness (QED) is 0.734. The van der Waals surface area contributed by atoms with Gasteiger partial charge >= 0.3 is 0 Å². The van der Waals surface area contributed by atoms with Crippen molar-refractivity contribution in [1.82, 2.24) is 4.98 Å². The molecule has 0 radical (unpaired) electrons. The summed E-state index contributed by atoms with van der Waals surface area (Å²) in [6.07, 6.45) is 7.84. The largest absolute Gasteiger partial charge is 0.294 e. The molecule has 1 aromatic heterocycles. The predicted octanol–water partition coefficient (Wildman–Crippen LogP) is 4.12. The SMILES string of the molecule is CC(C)(C)C1CCC(C(=O)c2cccnc2)CC1. The second-order valence-electron chi connectivity index (χ2n) is 6.52. The molecule has 2 rings (SSSR count). The lowest BCUT2D eigenvalue weighted by atomic mass is 9.69. The van der Waals surface area contributed by atoms with Gasteiger partial charge in [-0.05, 0) is 49.1 Å². The monoisotopic (exact) mass is 245 g/mol. The lowest BCUT2D eigenvalue weighted by Crippen LogP contribution is -2.28. The van der Waals surface area contributed by atoms with Crippen molar-refractivity contribution in [3.05, 3.63) is 30.1 Å². The molecule has 0 N–H and O–H groups in total. The molecule has 98 valence electrons. The van der Waals surface area contributed by atoms with Crippen molar-refractivity contribution in [2.24, 2.45) is 17.3 Å². The van der Waals surface area contributed by atoms with E-state index in [9.17, 15) is 4.79 Å². The van der Waals surface area contributed by atoms with E-state index in [0.717, 1.165) is 24.3 Å². The summed E-state index contributed by atoms with van der Waals surface area (Å²) in [6.45, 7) is 6.92. The molecule has 0 amide bonds. The van der Waals surface area contributed by atoms with Crippen molar-refractivity contribution in [2.45, 2.75) is 46.5 Å². The van der Waals surface area contributed by atoms with E-state index in [4.69, 9.17) is 0 Å². The van der Waals surface area contributed by atoms with E-state index in [1.807, 2.05) is 12.1 Å². The predicted molar refractivity (Wildman–Crippen MR) is 73.5 cm³/mol. The van der Waals surface area contributed by atoms with Crippen LogP contribution in [0.1, 0.15) is 56.8 Å². The van der Waals surface area contributed by atoms with Gasteiger partial charge in [-0.1, -0.05) is 20.8 Å². The lowest BCUT2D eigenvalue weighted by Gasteiger charge is -2.36. The smallest absolute Gasteiger partial charge is 0.167 e. The normalized spacial score (nSPS) is 24.8. The summed E-state index contributed by atoms with van der Waals surface area (Å²) in [7, 11) is 0. The molecule has 1 saturated carbocycles. The number of rotatable bonds is 2. The fourth-order valence-corrected chi connectivity index (χ4v) is 2.97. The summed E-state index contributed by atoms with van der Waals surface area (Å²) in [6, 6.07) is 3.72. The summed E-state index contributed by atoms with van der Waals surface area (Å²) in [5, 5.41) is 0. The van der Waals surface area contributed by atoms with Gasteiger partial charge in [0.1, 0.15) is 0 Å². The minimum absolute atomic E-state index is 0.216. The highest BCUT2D eigenvalue weighted by molar-refractivity contribution is 5.97. The Morgan fingerprint density at radius 1 is 1.22 bits per heavy atom. The Kier molecular flexibility index (Phi) is 3.84. The van der Waals surface area contributed by atoms with E-state index >= 15 is 0 Å². The summed E-state index contributed by atoms with van der Waals surface area (Å²) < 4.78 is 0. The zero-order valence-electron chi connectivity index (χ0n) is 11.6. The number of carbonyl (C=O) groups excluding carboxylic acids is 1. The first kappa shape index (κ1) is 13.3. The molecular formula is C16H23NO. The number of nitrogens with zero attached hydrogens (tertiary/aromatic N) is 1. The molecule has 1 aliphatic rings. The highest BCUT2D eigenvalue weighted by Gasteiger charge is 2.32. The Labute approximate surface area is 110 Å². The highest BCUT2D eigenvalue weighted by Crippen LogP contribution is 2.40. The average molecular weight is 245 g/mol. The van der Waals surface area contributed by atoms with E-state index in [1.165, 1.54) is 12.8 Å². The van der Waals surface area contributed by atoms with Crippen LogP contribution in [0.5, 0.6) is 0 Å². The maximum absolute atomic E-state index is 12.3. The highest BCUT2D eigenvalue weighted by atomic mass is 16.1.